The summed E-state index contributed by atoms with van der Waals surface area (Å²) >= 11 is 0. The molecule has 0 aromatic carbocycles. The first kappa shape index (κ1) is 15.3. The molecule has 1 heterocycles. The standard InChI is InChI=1S/C9H8F6N2O2/c1-18-6-4(2-16)7(19-9(13,14)15)17-3-5(6)8(10,11)12/h3H,2,16H2,1H3. The second-order valence-corrected chi connectivity index (χ2v) is 3.24. The van der Waals surface area contributed by atoms with Gasteiger partial charge in [0.15, 0.2) is 0 Å². The third kappa shape index (κ3) is 3.63. The van der Waals surface area contributed by atoms with Crippen molar-refractivity contribution < 1.29 is 35.8 Å². The molecule has 0 saturated heterocycles. The van der Waals surface area contributed by atoms with E-state index in [1.165, 1.54) is 0 Å². The van der Waals surface area contributed by atoms with Crippen molar-refractivity contribution in [3.8, 4) is 11.6 Å². The fraction of sp³-hybridized carbons (Fsp3) is 0.444. The van der Waals surface area contributed by atoms with Crippen LogP contribution in [0.3, 0.4) is 0 Å². The van der Waals surface area contributed by atoms with Crippen molar-refractivity contribution in [3.05, 3.63) is 17.3 Å². The van der Waals surface area contributed by atoms with Crippen molar-refractivity contribution in [2.75, 3.05) is 7.11 Å². The maximum absolute atomic E-state index is 12.6. The Morgan fingerprint density at radius 1 is 1.21 bits per heavy atom. The molecule has 0 bridgehead atoms. The third-order valence-electron chi connectivity index (χ3n) is 2.01. The molecule has 108 valence electrons. The monoisotopic (exact) mass is 290 g/mol. The summed E-state index contributed by atoms with van der Waals surface area (Å²) in [5, 5.41) is 0. The number of hydrogen-bond acceptors (Lipinski definition) is 4. The number of alkyl halides is 6. The Labute approximate surface area is 103 Å². The molecule has 1 rings (SSSR count). The number of nitrogens with zero attached hydrogens (tertiary/aromatic N) is 1. The molecule has 0 unspecified atom stereocenters. The normalized spacial score (nSPS) is 12.4. The van der Waals surface area contributed by atoms with Crippen molar-refractivity contribution in [2.24, 2.45) is 5.73 Å². The Balaban J connectivity index is 3.39. The number of rotatable bonds is 3. The number of hydrogen-bond donors (Lipinski definition) is 1. The van der Waals surface area contributed by atoms with Crippen molar-refractivity contribution in [1.82, 2.24) is 4.98 Å². The molecule has 0 fully saturated rings. The summed E-state index contributed by atoms with van der Waals surface area (Å²) in [5.41, 5.74) is 3.18. The van der Waals surface area contributed by atoms with Gasteiger partial charge < -0.3 is 15.2 Å². The molecule has 1 aromatic heterocycles. The minimum atomic E-state index is -5.10. The predicted molar refractivity (Wildman–Crippen MR) is 50.4 cm³/mol. The van der Waals surface area contributed by atoms with Gasteiger partial charge in [0.05, 0.1) is 12.7 Å². The highest BCUT2D eigenvalue weighted by Crippen LogP contribution is 2.41. The van der Waals surface area contributed by atoms with E-state index in [0.29, 0.717) is 0 Å². The van der Waals surface area contributed by atoms with Gasteiger partial charge in [-0.25, -0.2) is 4.98 Å². The van der Waals surface area contributed by atoms with Crippen LogP contribution in [0.15, 0.2) is 6.20 Å². The van der Waals surface area contributed by atoms with E-state index in [9.17, 15) is 26.3 Å². The Morgan fingerprint density at radius 3 is 2.16 bits per heavy atom. The number of nitrogens with two attached hydrogens (primary N) is 1. The molecule has 0 spiro atoms. The number of methoxy groups -OCH3 is 1. The zero-order chi connectivity index (χ0) is 14.8. The van der Waals surface area contributed by atoms with E-state index < -0.39 is 41.8 Å². The average molecular weight is 290 g/mol. The lowest BCUT2D eigenvalue weighted by atomic mass is 10.1. The van der Waals surface area contributed by atoms with Gasteiger partial charge in [0, 0.05) is 12.7 Å². The Kier molecular flexibility index (Phi) is 4.13. The summed E-state index contributed by atoms with van der Waals surface area (Å²) in [7, 11) is 0.876. The van der Waals surface area contributed by atoms with Gasteiger partial charge in [0.2, 0.25) is 5.88 Å². The summed E-state index contributed by atoms with van der Waals surface area (Å²) in [4.78, 5) is 2.99. The van der Waals surface area contributed by atoms with E-state index >= 15 is 0 Å². The highest BCUT2D eigenvalue weighted by Gasteiger charge is 2.39. The second kappa shape index (κ2) is 5.11. The highest BCUT2D eigenvalue weighted by molar-refractivity contribution is 5.47. The second-order valence-electron chi connectivity index (χ2n) is 3.24. The summed E-state index contributed by atoms with van der Waals surface area (Å²) in [5.74, 6) is -1.91. The van der Waals surface area contributed by atoms with Crippen LogP contribution in [0, 0.1) is 0 Å². The van der Waals surface area contributed by atoms with E-state index in [0.717, 1.165) is 7.11 Å². The first-order valence-electron chi connectivity index (χ1n) is 4.69. The van der Waals surface area contributed by atoms with Crippen LogP contribution in [0.4, 0.5) is 26.3 Å². The molecule has 10 heteroatoms. The minimum absolute atomic E-state index is 0.194. The molecule has 0 amide bonds. The Morgan fingerprint density at radius 2 is 1.79 bits per heavy atom. The molecule has 19 heavy (non-hydrogen) atoms. The van der Waals surface area contributed by atoms with Crippen LogP contribution >= 0.6 is 0 Å². The van der Waals surface area contributed by atoms with E-state index in [-0.39, 0.29) is 6.20 Å². The molecular weight excluding hydrogens is 282 g/mol. The molecule has 1 aromatic rings. The van der Waals surface area contributed by atoms with Crippen LogP contribution in [-0.2, 0) is 12.7 Å². The largest absolute Gasteiger partial charge is 0.574 e. The van der Waals surface area contributed by atoms with E-state index in [2.05, 4.69) is 14.5 Å². The van der Waals surface area contributed by atoms with Crippen molar-refractivity contribution in [2.45, 2.75) is 19.1 Å². The Bertz CT molecular complexity index is 457. The van der Waals surface area contributed by atoms with Crippen LogP contribution in [0.25, 0.3) is 0 Å². The fourth-order valence-corrected chi connectivity index (χ4v) is 1.33. The predicted octanol–water partition coefficient (Wildman–Crippen LogP) is 2.47. The maximum Gasteiger partial charge on any atom is 0.574 e. The number of aromatic nitrogens is 1. The van der Waals surface area contributed by atoms with Crippen molar-refractivity contribution in [3.63, 3.8) is 0 Å². The number of halogens is 6. The smallest absolute Gasteiger partial charge is 0.496 e. The van der Waals surface area contributed by atoms with Gasteiger partial charge in [-0.1, -0.05) is 0 Å². The van der Waals surface area contributed by atoms with Gasteiger partial charge in [0.25, 0.3) is 0 Å². The molecule has 0 aliphatic heterocycles. The lowest BCUT2D eigenvalue weighted by Gasteiger charge is -2.18. The summed E-state index contributed by atoms with van der Waals surface area (Å²) in [6.07, 6.45) is -9.74. The van der Waals surface area contributed by atoms with Gasteiger partial charge in [-0.2, -0.15) is 13.2 Å². The van der Waals surface area contributed by atoms with Crippen LogP contribution in [-0.4, -0.2) is 18.5 Å². The molecule has 0 atom stereocenters. The molecule has 2 N–H and O–H groups in total. The topological polar surface area (TPSA) is 57.4 Å². The van der Waals surface area contributed by atoms with Gasteiger partial charge in [-0.3, -0.25) is 0 Å². The van der Waals surface area contributed by atoms with Crippen LogP contribution in [0.1, 0.15) is 11.1 Å². The van der Waals surface area contributed by atoms with Gasteiger partial charge in [-0.05, 0) is 0 Å². The average Bonchev–Trinajstić information content (AvgIpc) is 2.24. The lowest BCUT2D eigenvalue weighted by Crippen LogP contribution is -2.21. The van der Waals surface area contributed by atoms with Crippen molar-refractivity contribution in [1.29, 1.82) is 0 Å². The minimum Gasteiger partial charge on any atom is -0.496 e. The summed E-state index contributed by atoms with van der Waals surface area (Å²) in [6.45, 7) is -0.661. The highest BCUT2D eigenvalue weighted by atomic mass is 19.4. The van der Waals surface area contributed by atoms with Crippen LogP contribution < -0.4 is 15.2 Å². The molecule has 0 saturated carbocycles. The molecule has 0 radical (unpaired) electrons. The summed E-state index contributed by atoms with van der Waals surface area (Å²) in [6, 6.07) is 0. The quantitative estimate of drug-likeness (QED) is 0.869. The lowest BCUT2D eigenvalue weighted by molar-refractivity contribution is -0.276. The van der Waals surface area contributed by atoms with E-state index in [1.54, 1.807) is 0 Å². The van der Waals surface area contributed by atoms with Gasteiger partial charge in [-0.15, -0.1) is 13.2 Å². The first-order valence-corrected chi connectivity index (χ1v) is 4.69. The SMILES string of the molecule is COc1c(C(F)(F)F)cnc(OC(F)(F)F)c1CN. The molecule has 0 aliphatic carbocycles. The Hall–Kier alpha value is -1.71. The van der Waals surface area contributed by atoms with Crippen LogP contribution in [0.5, 0.6) is 11.6 Å². The van der Waals surface area contributed by atoms with E-state index in [1.807, 2.05) is 0 Å². The fourth-order valence-electron chi connectivity index (χ4n) is 1.33. The maximum atomic E-state index is 12.6. The van der Waals surface area contributed by atoms with Gasteiger partial charge in [0.1, 0.15) is 11.3 Å². The van der Waals surface area contributed by atoms with Crippen molar-refractivity contribution >= 4 is 0 Å². The zero-order valence-electron chi connectivity index (χ0n) is 9.39. The molecule has 0 aliphatic rings. The summed E-state index contributed by atoms with van der Waals surface area (Å²) < 4.78 is 81.9. The molecule has 4 nitrogen and oxygen atoms in total. The van der Waals surface area contributed by atoms with Gasteiger partial charge >= 0.3 is 12.5 Å². The van der Waals surface area contributed by atoms with E-state index in [4.69, 9.17) is 5.73 Å². The zero-order valence-corrected chi connectivity index (χ0v) is 9.39. The third-order valence-corrected chi connectivity index (χ3v) is 2.01. The van der Waals surface area contributed by atoms with Crippen LogP contribution in [0.2, 0.25) is 0 Å². The number of pyridine rings is 1. The number of ether oxygens (including phenoxy) is 2. The molecular formula is C9H8F6N2O2. The first-order chi connectivity index (χ1) is 8.60.